The van der Waals surface area contributed by atoms with E-state index >= 15 is 0 Å². The number of ether oxygens (including phenoxy) is 2. The van der Waals surface area contributed by atoms with Crippen LogP contribution in [0.25, 0.3) is 0 Å². The van der Waals surface area contributed by atoms with Gasteiger partial charge in [-0.1, -0.05) is 30.3 Å². The Kier molecular flexibility index (Phi) is 10.9. The van der Waals surface area contributed by atoms with Crippen molar-refractivity contribution in [2.24, 2.45) is 0 Å². The number of carbonyl (C=O) groups excluding carboxylic acids is 1. The van der Waals surface area contributed by atoms with Crippen LogP contribution in [0.5, 0.6) is 11.5 Å². The summed E-state index contributed by atoms with van der Waals surface area (Å²) in [6, 6.07) is 10.3. The number of halogens is 5. The van der Waals surface area contributed by atoms with Gasteiger partial charge in [0.2, 0.25) is 0 Å². The number of benzene rings is 2. The summed E-state index contributed by atoms with van der Waals surface area (Å²) in [5.41, 5.74) is -1.44. The van der Waals surface area contributed by atoms with Crippen LogP contribution < -0.4 is 14.8 Å². The first-order valence-corrected chi connectivity index (χ1v) is 14.1. The van der Waals surface area contributed by atoms with Gasteiger partial charge in [0.1, 0.15) is 11.5 Å². The largest absolute Gasteiger partial charge is 0.493 e. The molecule has 0 spiro atoms. The smallest absolute Gasteiger partial charge is 0.418 e. The fourth-order valence-corrected chi connectivity index (χ4v) is 5.15. The Morgan fingerprint density at radius 3 is 2.05 bits per heavy atom. The number of aryl methyl sites for hydroxylation is 1. The number of carboxylic acids is 1. The summed E-state index contributed by atoms with van der Waals surface area (Å²) in [6.45, 7) is 4.66. The zero-order valence-electron chi connectivity index (χ0n) is 24.2. The lowest BCUT2D eigenvalue weighted by Crippen LogP contribution is -2.68. The molecule has 0 heterocycles. The quantitative estimate of drug-likeness (QED) is 0.167. The van der Waals surface area contributed by atoms with Crippen LogP contribution in [0.2, 0.25) is 0 Å². The second-order valence-electron chi connectivity index (χ2n) is 10.6. The lowest BCUT2D eigenvalue weighted by molar-refractivity contribution is -0.207. The minimum Gasteiger partial charge on any atom is -0.493 e. The molecule has 0 radical (unpaired) electrons. The number of unbranched alkanes of at least 4 members (excludes halogenated alkanes) is 1. The number of rotatable bonds is 14. The molecule has 1 aliphatic rings. The first kappa shape index (κ1) is 33.9. The van der Waals surface area contributed by atoms with E-state index in [-0.39, 0.29) is 36.8 Å². The fraction of sp³-hybridized carbons (Fsp3) is 0.533. The molecule has 3 N–H and O–H groups in total. The van der Waals surface area contributed by atoms with Crippen molar-refractivity contribution in [3.63, 3.8) is 0 Å². The number of aliphatic hydroxyl groups excluding tert-OH is 1. The Morgan fingerprint density at radius 2 is 1.58 bits per heavy atom. The first-order chi connectivity index (χ1) is 20.1. The highest BCUT2D eigenvalue weighted by Crippen LogP contribution is 2.47. The summed E-state index contributed by atoms with van der Waals surface area (Å²) in [6.07, 6.45) is -8.30. The van der Waals surface area contributed by atoms with Crippen molar-refractivity contribution in [2.45, 2.75) is 82.7 Å². The summed E-state index contributed by atoms with van der Waals surface area (Å²) in [5, 5.41) is 22.1. The van der Waals surface area contributed by atoms with Crippen LogP contribution in [0, 0.1) is 0 Å². The van der Waals surface area contributed by atoms with E-state index in [2.05, 4.69) is 5.32 Å². The number of carbonyl (C=O) groups is 2. The molecule has 0 aliphatic heterocycles. The maximum Gasteiger partial charge on any atom is 0.418 e. The van der Waals surface area contributed by atoms with Gasteiger partial charge in [0.15, 0.2) is 11.6 Å². The Balaban J connectivity index is 1.96. The zero-order valence-corrected chi connectivity index (χ0v) is 24.2. The number of hydrogen-bond acceptors (Lipinski definition) is 5. The Bertz CT molecular complexity index is 1220. The van der Waals surface area contributed by atoms with Gasteiger partial charge in [-0.05, 0) is 63.3 Å². The molecule has 2 aromatic carbocycles. The third-order valence-electron chi connectivity index (χ3n) is 7.35. The molecule has 8 nitrogen and oxygen atoms in total. The number of alkyl halides is 5. The molecule has 0 bridgehead atoms. The highest BCUT2D eigenvalue weighted by Gasteiger charge is 2.62. The van der Waals surface area contributed by atoms with Crippen molar-refractivity contribution in [3.8, 4) is 11.5 Å². The first-order valence-electron chi connectivity index (χ1n) is 14.1. The second kappa shape index (κ2) is 13.8. The number of aliphatic carboxylic acids is 1. The topological polar surface area (TPSA) is 108 Å². The van der Waals surface area contributed by atoms with Gasteiger partial charge in [-0.25, -0.2) is 18.4 Å². The maximum absolute atomic E-state index is 13.7. The predicted octanol–water partition coefficient (Wildman–Crippen LogP) is 6.43. The number of amides is 2. The van der Waals surface area contributed by atoms with Crippen molar-refractivity contribution >= 4 is 12.0 Å². The minimum absolute atomic E-state index is 0.0417. The van der Waals surface area contributed by atoms with Gasteiger partial charge in [-0.3, -0.25) is 0 Å². The van der Waals surface area contributed by atoms with Gasteiger partial charge >= 0.3 is 18.2 Å². The number of nitrogens with one attached hydrogen (secondary N) is 1. The molecular weight excluding hydrogens is 579 g/mol. The van der Waals surface area contributed by atoms with E-state index in [1.165, 1.54) is 17.0 Å². The van der Waals surface area contributed by atoms with E-state index in [1.54, 1.807) is 20.8 Å². The normalized spacial score (nSPS) is 16.9. The molecule has 13 heteroatoms. The second-order valence-corrected chi connectivity index (χ2v) is 10.6. The van der Waals surface area contributed by atoms with Crippen LogP contribution in [-0.4, -0.2) is 64.5 Å². The van der Waals surface area contributed by atoms with Crippen molar-refractivity contribution in [3.05, 3.63) is 59.2 Å². The Labute approximate surface area is 246 Å². The van der Waals surface area contributed by atoms with Crippen molar-refractivity contribution in [2.75, 3.05) is 19.8 Å². The SMILES string of the molecule is CCOc1cc(C(C)N(CCCCc2ccccc2)C(=O)NC2(C(=O)O)CC(F)(F)C2)cc(OCC)c1C(O)C(F)(F)F. The molecule has 2 amide bonds. The lowest BCUT2D eigenvalue weighted by atomic mass is 9.73. The molecule has 0 aromatic heterocycles. The van der Waals surface area contributed by atoms with Crippen molar-refractivity contribution in [1.29, 1.82) is 0 Å². The van der Waals surface area contributed by atoms with Gasteiger partial charge in [0, 0.05) is 19.4 Å². The van der Waals surface area contributed by atoms with Crippen LogP contribution in [0.15, 0.2) is 42.5 Å². The summed E-state index contributed by atoms with van der Waals surface area (Å²) in [7, 11) is 0. The van der Waals surface area contributed by atoms with E-state index in [1.807, 2.05) is 30.3 Å². The van der Waals surface area contributed by atoms with Crippen LogP contribution in [0.3, 0.4) is 0 Å². The molecule has 238 valence electrons. The van der Waals surface area contributed by atoms with Crippen LogP contribution >= 0.6 is 0 Å². The summed E-state index contributed by atoms with van der Waals surface area (Å²) >= 11 is 0. The van der Waals surface area contributed by atoms with E-state index in [9.17, 15) is 41.8 Å². The standard InChI is InChI=1S/C30H37F5N2O6/c1-4-42-22-15-21(16-23(43-5-2)24(22)25(38)30(33,34)35)19(3)37(14-10-9-13-20-11-7-6-8-12-20)27(41)36-28(26(39)40)17-29(31,32)18-28/h6-8,11-12,15-16,19,25,38H,4-5,9-10,13-14,17-18H2,1-3H3,(H,36,41)(H,39,40). The van der Waals surface area contributed by atoms with Crippen LogP contribution in [-0.2, 0) is 11.2 Å². The summed E-state index contributed by atoms with van der Waals surface area (Å²) in [4.78, 5) is 26.7. The Morgan fingerprint density at radius 1 is 1.02 bits per heavy atom. The van der Waals surface area contributed by atoms with Gasteiger partial charge in [0.05, 0.1) is 24.8 Å². The highest BCUT2D eigenvalue weighted by atomic mass is 19.4. The molecule has 2 aromatic rings. The van der Waals surface area contributed by atoms with E-state index in [4.69, 9.17) is 9.47 Å². The highest BCUT2D eigenvalue weighted by molar-refractivity contribution is 5.88. The molecule has 1 fully saturated rings. The molecule has 1 aliphatic carbocycles. The molecule has 43 heavy (non-hydrogen) atoms. The van der Waals surface area contributed by atoms with E-state index in [0.717, 1.165) is 5.56 Å². The predicted molar refractivity (Wildman–Crippen MR) is 147 cm³/mol. The maximum atomic E-state index is 13.7. The lowest BCUT2D eigenvalue weighted by Gasteiger charge is -2.45. The molecule has 2 unspecified atom stereocenters. The van der Waals surface area contributed by atoms with E-state index in [0.29, 0.717) is 19.3 Å². The number of aliphatic hydroxyl groups is 1. The van der Waals surface area contributed by atoms with Crippen LogP contribution in [0.1, 0.15) is 75.3 Å². The minimum atomic E-state index is -5.02. The van der Waals surface area contributed by atoms with Crippen molar-refractivity contribution < 1.29 is 51.2 Å². The molecule has 2 atom stereocenters. The van der Waals surface area contributed by atoms with Crippen LogP contribution in [0.4, 0.5) is 26.7 Å². The summed E-state index contributed by atoms with van der Waals surface area (Å²) in [5.74, 6) is -5.44. The third kappa shape index (κ3) is 8.27. The molecular formula is C30H37F5N2O6. The number of urea groups is 1. The van der Waals surface area contributed by atoms with Gasteiger partial charge in [0.25, 0.3) is 5.92 Å². The Hall–Kier alpha value is -3.61. The van der Waals surface area contributed by atoms with Gasteiger partial charge in [-0.15, -0.1) is 0 Å². The third-order valence-corrected chi connectivity index (χ3v) is 7.35. The number of hydrogen-bond donors (Lipinski definition) is 3. The molecule has 3 rings (SSSR count). The average molecular weight is 617 g/mol. The molecule has 1 saturated carbocycles. The summed E-state index contributed by atoms with van der Waals surface area (Å²) < 4.78 is 79.1. The fourth-order valence-electron chi connectivity index (χ4n) is 5.15. The monoisotopic (exact) mass is 616 g/mol. The zero-order chi connectivity index (χ0) is 32.0. The number of nitrogens with zero attached hydrogens (tertiary/aromatic N) is 1. The van der Waals surface area contributed by atoms with E-state index < -0.39 is 60.2 Å². The average Bonchev–Trinajstić information content (AvgIpc) is 2.91. The number of carboxylic acid groups (broad SMARTS) is 1. The van der Waals surface area contributed by atoms with Gasteiger partial charge in [-0.2, -0.15) is 13.2 Å². The molecule has 0 saturated heterocycles. The van der Waals surface area contributed by atoms with Gasteiger partial charge < -0.3 is 29.9 Å². The van der Waals surface area contributed by atoms with Crippen molar-refractivity contribution in [1.82, 2.24) is 10.2 Å².